The van der Waals surface area contributed by atoms with Crippen LogP contribution in [0.2, 0.25) is 0 Å². The van der Waals surface area contributed by atoms with Gasteiger partial charge < -0.3 is 9.47 Å². The van der Waals surface area contributed by atoms with Crippen molar-refractivity contribution in [3.05, 3.63) is 96.6 Å². The first kappa shape index (κ1) is 38.6. The molecule has 1 aliphatic rings. The average Bonchev–Trinajstić information content (AvgIpc) is 3.30. The maximum atomic E-state index is 11.2. The highest BCUT2D eigenvalue weighted by atomic mass is 16.5. The normalized spacial score (nSPS) is 14.5. The predicted octanol–water partition coefficient (Wildman–Crippen LogP) is 9.22. The fourth-order valence-corrected chi connectivity index (χ4v) is 4.25. The molecule has 5 heteroatoms. The first-order valence-electron chi connectivity index (χ1n) is 15.2. The van der Waals surface area contributed by atoms with Crippen molar-refractivity contribution in [2.45, 2.75) is 86.3 Å². The van der Waals surface area contributed by atoms with Gasteiger partial charge in [0, 0.05) is 6.54 Å². The molecule has 232 valence electrons. The largest absolute Gasteiger partial charge is 0.468 e. The molecule has 0 saturated carbocycles. The molecule has 1 saturated heterocycles. The summed E-state index contributed by atoms with van der Waals surface area (Å²) in [4.78, 5) is 23.1. The number of methoxy groups -OCH3 is 1. The third-order valence-electron chi connectivity index (χ3n) is 6.18. The summed E-state index contributed by atoms with van der Waals surface area (Å²) in [5, 5.41) is 0. The van der Waals surface area contributed by atoms with E-state index < -0.39 is 0 Å². The van der Waals surface area contributed by atoms with E-state index in [-0.39, 0.29) is 17.4 Å². The van der Waals surface area contributed by atoms with E-state index in [4.69, 9.17) is 4.74 Å². The van der Waals surface area contributed by atoms with Crippen molar-refractivity contribution < 1.29 is 19.1 Å². The monoisotopic (exact) mass is 577 g/mol. The van der Waals surface area contributed by atoms with Gasteiger partial charge >= 0.3 is 5.97 Å². The highest BCUT2D eigenvalue weighted by Gasteiger charge is 2.39. The van der Waals surface area contributed by atoms with E-state index in [0.29, 0.717) is 13.1 Å². The minimum Gasteiger partial charge on any atom is -0.468 e. The quantitative estimate of drug-likeness (QED) is 0.207. The van der Waals surface area contributed by atoms with Gasteiger partial charge in [-0.1, -0.05) is 158 Å². The lowest BCUT2D eigenvalue weighted by molar-refractivity contribution is -0.145. The summed E-state index contributed by atoms with van der Waals surface area (Å²) >= 11 is 0. The van der Waals surface area contributed by atoms with Crippen LogP contribution in [0.1, 0.15) is 79.2 Å². The van der Waals surface area contributed by atoms with E-state index in [2.05, 4.69) is 99.7 Å². The van der Waals surface area contributed by atoms with E-state index >= 15 is 0 Å². The van der Waals surface area contributed by atoms with Gasteiger partial charge in [0.15, 0.2) is 0 Å². The molecule has 0 bridgehead atoms. The number of likely N-dealkylation sites (tertiary alicyclic amines) is 1. The van der Waals surface area contributed by atoms with Crippen LogP contribution in [0.15, 0.2) is 91.0 Å². The number of likely N-dealkylation sites (N-methyl/N-ethyl adjacent to an activating group) is 1. The molecule has 1 aliphatic heterocycles. The topological polar surface area (TPSA) is 55.8 Å². The predicted molar refractivity (Wildman–Crippen MR) is 177 cm³/mol. The maximum absolute atomic E-state index is 11.2. The third kappa shape index (κ3) is 18.1. The molecule has 1 heterocycles. The molecule has 0 radical (unpaired) electrons. The fourth-order valence-electron chi connectivity index (χ4n) is 4.25. The van der Waals surface area contributed by atoms with E-state index in [0.717, 1.165) is 18.5 Å². The van der Waals surface area contributed by atoms with Gasteiger partial charge in [-0.2, -0.15) is 0 Å². The van der Waals surface area contributed by atoms with E-state index in [1.807, 2.05) is 49.5 Å². The lowest BCUT2D eigenvalue weighted by Gasteiger charge is -2.16. The van der Waals surface area contributed by atoms with Gasteiger partial charge in [0.2, 0.25) is 0 Å². The SMILES string of the molecule is CCC.CCCCC.COC(=O)C1CC(C)(C)CN1C.O=COCc1ccccc1.c1ccc(-c2ccccc2)cc1. The molecule has 1 atom stereocenters. The molecule has 5 nitrogen and oxygen atoms in total. The van der Waals surface area contributed by atoms with Crippen LogP contribution in [0, 0.1) is 5.41 Å². The summed E-state index contributed by atoms with van der Waals surface area (Å²) in [6, 6.07) is 30.3. The van der Waals surface area contributed by atoms with Crippen LogP contribution in [-0.4, -0.2) is 44.1 Å². The second-order valence-electron chi connectivity index (χ2n) is 11.0. The Morgan fingerprint density at radius 2 is 1.26 bits per heavy atom. The Bertz CT molecular complexity index is 1000. The minimum absolute atomic E-state index is 0.0370. The van der Waals surface area contributed by atoms with Crippen molar-refractivity contribution >= 4 is 12.4 Å². The van der Waals surface area contributed by atoms with E-state index in [9.17, 15) is 9.59 Å². The highest BCUT2D eigenvalue weighted by Crippen LogP contribution is 2.33. The summed E-state index contributed by atoms with van der Waals surface area (Å²) in [7, 11) is 3.41. The Balaban J connectivity index is 0.000000535. The fraction of sp³-hybridized carbons (Fsp3) is 0.459. The molecule has 0 amide bonds. The van der Waals surface area contributed by atoms with Crippen molar-refractivity contribution in [2.75, 3.05) is 20.7 Å². The summed E-state index contributed by atoms with van der Waals surface area (Å²) in [6.07, 6.45) is 6.23. The summed E-state index contributed by atoms with van der Waals surface area (Å²) in [5.74, 6) is -0.108. The average molecular weight is 578 g/mol. The number of carbonyl (C=O) groups is 2. The lowest BCUT2D eigenvalue weighted by Crippen LogP contribution is -2.33. The van der Waals surface area contributed by atoms with Crippen molar-refractivity contribution in [2.24, 2.45) is 5.41 Å². The molecule has 0 N–H and O–H groups in total. The Hall–Kier alpha value is -3.44. The standard InChI is InChI=1S/C12H10.C9H17NO2.C8H8O2.C5H12.C3H8/c1-3-7-11(8-4-1)12-9-5-2-6-10-12;1-9(2)5-7(8(11)12-4)10(3)6-9;9-7-10-6-8-4-2-1-3-5-8;1-3-5-4-2;1-3-2/h1-10H;7H,5-6H2,1-4H3;1-5,7H,6H2;3-5H2,1-2H3;3H2,1-2H3. The zero-order valence-electron chi connectivity index (χ0n) is 27.3. The van der Waals surface area contributed by atoms with Crippen molar-refractivity contribution in [3.63, 3.8) is 0 Å². The second kappa shape index (κ2) is 24.2. The molecular weight excluding hydrogens is 522 g/mol. The second-order valence-corrected chi connectivity index (χ2v) is 11.0. The number of rotatable bonds is 7. The van der Waals surface area contributed by atoms with Gasteiger partial charge in [-0.3, -0.25) is 14.5 Å². The first-order chi connectivity index (χ1) is 20.2. The van der Waals surface area contributed by atoms with Crippen molar-refractivity contribution in [1.29, 1.82) is 0 Å². The maximum Gasteiger partial charge on any atom is 0.323 e. The van der Waals surface area contributed by atoms with Crippen LogP contribution < -0.4 is 0 Å². The van der Waals surface area contributed by atoms with E-state index in [1.165, 1.54) is 43.9 Å². The highest BCUT2D eigenvalue weighted by molar-refractivity contribution is 5.76. The number of nitrogens with zero attached hydrogens (tertiary/aromatic N) is 1. The Morgan fingerprint density at radius 1 is 0.833 bits per heavy atom. The first-order valence-corrected chi connectivity index (χ1v) is 15.2. The van der Waals surface area contributed by atoms with Gasteiger partial charge in [0.25, 0.3) is 6.47 Å². The van der Waals surface area contributed by atoms with Crippen molar-refractivity contribution in [3.8, 4) is 11.1 Å². The van der Waals surface area contributed by atoms with Gasteiger partial charge in [0.05, 0.1) is 7.11 Å². The van der Waals surface area contributed by atoms with Crippen LogP contribution in [0.5, 0.6) is 0 Å². The molecule has 3 aromatic rings. The van der Waals surface area contributed by atoms with Crippen LogP contribution in [0.25, 0.3) is 11.1 Å². The van der Waals surface area contributed by atoms with Gasteiger partial charge in [0.1, 0.15) is 12.6 Å². The zero-order valence-corrected chi connectivity index (χ0v) is 27.3. The molecule has 3 aromatic carbocycles. The molecule has 1 fully saturated rings. The summed E-state index contributed by atoms with van der Waals surface area (Å²) in [6.45, 7) is 14.8. The van der Waals surface area contributed by atoms with E-state index in [1.54, 1.807) is 0 Å². The van der Waals surface area contributed by atoms with Gasteiger partial charge in [-0.15, -0.1) is 0 Å². The lowest BCUT2D eigenvalue weighted by atomic mass is 9.91. The van der Waals surface area contributed by atoms with Crippen LogP contribution in [0.4, 0.5) is 0 Å². The molecule has 1 unspecified atom stereocenters. The number of ether oxygens (including phenoxy) is 2. The van der Waals surface area contributed by atoms with Gasteiger partial charge in [-0.25, -0.2) is 0 Å². The Labute approximate surface area is 256 Å². The Kier molecular flexibility index (Phi) is 22.2. The number of unbranched alkanes of at least 4 members (excludes halogenated alkanes) is 2. The molecule has 4 rings (SSSR count). The third-order valence-corrected chi connectivity index (χ3v) is 6.18. The smallest absolute Gasteiger partial charge is 0.323 e. The number of benzene rings is 3. The van der Waals surface area contributed by atoms with Crippen LogP contribution >= 0.6 is 0 Å². The minimum atomic E-state index is -0.108. The summed E-state index contributed by atoms with van der Waals surface area (Å²) in [5.41, 5.74) is 3.80. The van der Waals surface area contributed by atoms with Crippen LogP contribution in [-0.2, 0) is 25.7 Å². The Morgan fingerprint density at radius 3 is 1.57 bits per heavy atom. The number of carbonyl (C=O) groups excluding carboxylic acids is 2. The van der Waals surface area contributed by atoms with Gasteiger partial charge in [-0.05, 0) is 35.6 Å². The number of hydrogen-bond donors (Lipinski definition) is 0. The van der Waals surface area contributed by atoms with Crippen LogP contribution in [0.3, 0.4) is 0 Å². The molecule has 0 aliphatic carbocycles. The summed E-state index contributed by atoms with van der Waals surface area (Å²) < 4.78 is 9.26. The molecule has 0 spiro atoms. The molecule has 42 heavy (non-hydrogen) atoms. The number of hydrogen-bond acceptors (Lipinski definition) is 5. The zero-order chi connectivity index (χ0) is 31.6. The molecular formula is C37H55NO4. The molecule has 0 aromatic heterocycles. The van der Waals surface area contributed by atoms with Crippen molar-refractivity contribution in [1.82, 2.24) is 4.90 Å². The number of esters is 1.